The van der Waals surface area contributed by atoms with E-state index in [1.807, 2.05) is 0 Å². The average Bonchev–Trinajstić information content (AvgIpc) is 2.53. The third-order valence-electron chi connectivity index (χ3n) is 2.21. The van der Waals surface area contributed by atoms with Gasteiger partial charge in [-0.15, -0.1) is 0 Å². The van der Waals surface area contributed by atoms with Crippen LogP contribution in [0, 0.1) is 5.92 Å². The number of hydrogen-bond acceptors (Lipinski definition) is 3. The van der Waals surface area contributed by atoms with Gasteiger partial charge in [0, 0.05) is 31.2 Å². The third-order valence-corrected chi connectivity index (χ3v) is 2.21. The van der Waals surface area contributed by atoms with Crippen LogP contribution < -0.4 is 0 Å². The zero-order chi connectivity index (χ0) is 8.81. The van der Waals surface area contributed by atoms with Gasteiger partial charge in [-0.2, -0.15) is 0 Å². The second-order valence-electron chi connectivity index (χ2n) is 3.09. The molecule has 0 bridgehead atoms. The van der Waals surface area contributed by atoms with Crippen molar-refractivity contribution in [3.05, 3.63) is 10.4 Å². The van der Waals surface area contributed by atoms with Gasteiger partial charge in [0.15, 0.2) is 0 Å². The number of aliphatic hydroxyl groups is 1. The Morgan fingerprint density at radius 1 is 1.67 bits per heavy atom. The van der Waals surface area contributed by atoms with Crippen LogP contribution in [-0.4, -0.2) is 42.8 Å². The van der Waals surface area contributed by atoms with Gasteiger partial charge in [-0.05, 0) is 24.4 Å². The van der Waals surface area contributed by atoms with Gasteiger partial charge < -0.3 is 10.0 Å². The van der Waals surface area contributed by atoms with Crippen molar-refractivity contribution < 1.29 is 5.11 Å². The van der Waals surface area contributed by atoms with E-state index in [1.165, 1.54) is 0 Å². The van der Waals surface area contributed by atoms with Crippen molar-refractivity contribution in [2.45, 2.75) is 6.42 Å². The van der Waals surface area contributed by atoms with Crippen LogP contribution in [0.3, 0.4) is 0 Å². The Labute approximate surface area is 71.6 Å². The summed E-state index contributed by atoms with van der Waals surface area (Å²) >= 11 is 0. The molecule has 1 rings (SSSR count). The van der Waals surface area contributed by atoms with Gasteiger partial charge in [-0.1, -0.05) is 5.11 Å². The Kier molecular flexibility index (Phi) is 3.87. The van der Waals surface area contributed by atoms with Gasteiger partial charge in [-0.25, -0.2) is 0 Å². The fourth-order valence-corrected chi connectivity index (χ4v) is 1.50. The molecule has 1 N–H and O–H groups in total. The lowest BCUT2D eigenvalue weighted by atomic mass is 10.1. The highest BCUT2D eigenvalue weighted by Gasteiger charge is 2.20. The number of likely N-dealkylation sites (tertiary alicyclic amines) is 1. The number of azide groups is 1. The quantitative estimate of drug-likeness (QED) is 0.381. The minimum atomic E-state index is 0.276. The molecule has 1 fully saturated rings. The lowest BCUT2D eigenvalue weighted by molar-refractivity contribution is 0.223. The predicted octanol–water partition coefficient (Wildman–Crippen LogP) is 0.611. The summed E-state index contributed by atoms with van der Waals surface area (Å²) in [5.74, 6) is 0.427. The molecule has 1 heterocycles. The molecular weight excluding hydrogens is 156 g/mol. The first-order valence-corrected chi connectivity index (χ1v) is 4.21. The maximum atomic E-state index is 8.85. The summed E-state index contributed by atoms with van der Waals surface area (Å²) in [6.07, 6.45) is 1.06. The van der Waals surface area contributed by atoms with Gasteiger partial charge in [-0.3, -0.25) is 0 Å². The van der Waals surface area contributed by atoms with E-state index in [2.05, 4.69) is 14.9 Å². The van der Waals surface area contributed by atoms with Crippen molar-refractivity contribution in [1.82, 2.24) is 4.90 Å². The average molecular weight is 170 g/mol. The van der Waals surface area contributed by atoms with Crippen LogP contribution in [-0.2, 0) is 0 Å². The molecule has 0 amide bonds. The standard InChI is InChI=1S/C7H14N4O/c8-10-9-2-4-11-3-1-7(5-11)6-12/h7,12H,1-6H2. The molecule has 5 heteroatoms. The molecular formula is C7H14N4O. The summed E-state index contributed by atoms with van der Waals surface area (Å²) in [4.78, 5) is 4.90. The summed E-state index contributed by atoms with van der Waals surface area (Å²) < 4.78 is 0. The van der Waals surface area contributed by atoms with Crippen molar-refractivity contribution in [3.8, 4) is 0 Å². The zero-order valence-corrected chi connectivity index (χ0v) is 7.06. The van der Waals surface area contributed by atoms with Crippen molar-refractivity contribution >= 4 is 0 Å². The molecule has 5 nitrogen and oxygen atoms in total. The first-order valence-electron chi connectivity index (χ1n) is 4.21. The molecule has 1 atom stereocenters. The van der Waals surface area contributed by atoms with Gasteiger partial charge in [0.1, 0.15) is 0 Å². The van der Waals surface area contributed by atoms with E-state index in [4.69, 9.17) is 10.6 Å². The van der Waals surface area contributed by atoms with Gasteiger partial charge in [0.25, 0.3) is 0 Å². The molecule has 1 saturated heterocycles. The Balaban J connectivity index is 2.14. The maximum Gasteiger partial charge on any atom is 0.0471 e. The Morgan fingerprint density at radius 3 is 3.08 bits per heavy atom. The molecule has 0 aromatic carbocycles. The molecule has 68 valence electrons. The number of rotatable bonds is 4. The van der Waals surface area contributed by atoms with Crippen LogP contribution in [0.5, 0.6) is 0 Å². The highest BCUT2D eigenvalue weighted by atomic mass is 16.3. The van der Waals surface area contributed by atoms with Crippen molar-refractivity contribution in [1.29, 1.82) is 0 Å². The molecule has 0 aromatic heterocycles. The molecule has 0 aromatic rings. The smallest absolute Gasteiger partial charge is 0.0471 e. The molecule has 0 aliphatic carbocycles. The zero-order valence-electron chi connectivity index (χ0n) is 7.06. The van der Waals surface area contributed by atoms with Crippen LogP contribution in [0.4, 0.5) is 0 Å². The second kappa shape index (κ2) is 4.98. The Morgan fingerprint density at radius 2 is 2.50 bits per heavy atom. The van der Waals surface area contributed by atoms with Crippen LogP contribution >= 0.6 is 0 Å². The van der Waals surface area contributed by atoms with Gasteiger partial charge in [0.05, 0.1) is 0 Å². The normalized spacial score (nSPS) is 23.9. The van der Waals surface area contributed by atoms with E-state index in [0.717, 1.165) is 26.1 Å². The maximum absolute atomic E-state index is 8.85. The van der Waals surface area contributed by atoms with Crippen LogP contribution in [0.15, 0.2) is 5.11 Å². The van der Waals surface area contributed by atoms with E-state index in [-0.39, 0.29) is 6.61 Å². The van der Waals surface area contributed by atoms with Gasteiger partial charge in [0.2, 0.25) is 0 Å². The van der Waals surface area contributed by atoms with Crippen molar-refractivity contribution in [2.24, 2.45) is 11.0 Å². The minimum absolute atomic E-state index is 0.276. The molecule has 1 unspecified atom stereocenters. The van der Waals surface area contributed by atoms with E-state index in [1.54, 1.807) is 0 Å². The highest BCUT2D eigenvalue weighted by Crippen LogP contribution is 2.14. The van der Waals surface area contributed by atoms with Gasteiger partial charge >= 0.3 is 0 Å². The largest absolute Gasteiger partial charge is 0.396 e. The first-order chi connectivity index (χ1) is 5.86. The summed E-state index contributed by atoms with van der Waals surface area (Å²) in [6, 6.07) is 0. The second-order valence-corrected chi connectivity index (χ2v) is 3.09. The van der Waals surface area contributed by atoms with E-state index in [0.29, 0.717) is 12.5 Å². The predicted molar refractivity (Wildman–Crippen MR) is 45.6 cm³/mol. The molecule has 12 heavy (non-hydrogen) atoms. The summed E-state index contributed by atoms with van der Waals surface area (Å²) in [7, 11) is 0. The molecule has 1 aliphatic rings. The molecule has 0 spiro atoms. The summed E-state index contributed by atoms with van der Waals surface area (Å²) in [5.41, 5.74) is 8.04. The number of hydrogen-bond donors (Lipinski definition) is 1. The summed E-state index contributed by atoms with van der Waals surface area (Å²) in [6.45, 7) is 3.59. The Hall–Kier alpha value is -0.770. The van der Waals surface area contributed by atoms with E-state index < -0.39 is 0 Å². The SMILES string of the molecule is [N-]=[N+]=NCCN1CCC(CO)C1. The lowest BCUT2D eigenvalue weighted by Crippen LogP contribution is -2.24. The third kappa shape index (κ3) is 2.70. The van der Waals surface area contributed by atoms with Crippen LogP contribution in [0.25, 0.3) is 10.4 Å². The van der Waals surface area contributed by atoms with Crippen LogP contribution in [0.2, 0.25) is 0 Å². The fourth-order valence-electron chi connectivity index (χ4n) is 1.50. The monoisotopic (exact) mass is 170 g/mol. The molecule has 1 aliphatic heterocycles. The van der Waals surface area contributed by atoms with Crippen molar-refractivity contribution in [3.63, 3.8) is 0 Å². The van der Waals surface area contributed by atoms with Crippen molar-refractivity contribution in [2.75, 3.05) is 32.8 Å². The number of nitrogens with zero attached hydrogens (tertiary/aromatic N) is 4. The number of aliphatic hydroxyl groups excluding tert-OH is 1. The minimum Gasteiger partial charge on any atom is -0.396 e. The summed E-state index contributed by atoms with van der Waals surface area (Å²) in [5, 5.41) is 12.3. The highest BCUT2D eigenvalue weighted by molar-refractivity contribution is 4.75. The van der Waals surface area contributed by atoms with E-state index in [9.17, 15) is 0 Å². The Bertz CT molecular complexity index is 178. The van der Waals surface area contributed by atoms with Crippen LogP contribution in [0.1, 0.15) is 6.42 Å². The molecule has 0 radical (unpaired) electrons. The topological polar surface area (TPSA) is 72.2 Å². The van der Waals surface area contributed by atoms with E-state index >= 15 is 0 Å². The lowest BCUT2D eigenvalue weighted by Gasteiger charge is -2.12. The first kappa shape index (κ1) is 9.32. The molecule has 0 saturated carbocycles. The fraction of sp³-hybridized carbons (Fsp3) is 1.00.